The second-order valence-corrected chi connectivity index (χ2v) is 4.85. The number of halogens is 5. The molecule has 2 aromatic rings. The Labute approximate surface area is 113 Å². The molecular formula is C10H5ClF3IN2. The molecule has 0 bridgehead atoms. The summed E-state index contributed by atoms with van der Waals surface area (Å²) in [6.07, 6.45) is -2.92. The molecule has 0 spiro atoms. The van der Waals surface area contributed by atoms with Gasteiger partial charge in [-0.1, -0.05) is 17.7 Å². The molecule has 0 aliphatic rings. The molecule has 0 amide bonds. The highest BCUT2D eigenvalue weighted by molar-refractivity contribution is 14.1. The van der Waals surface area contributed by atoms with Gasteiger partial charge in [0.25, 0.3) is 0 Å². The summed E-state index contributed by atoms with van der Waals surface area (Å²) in [5, 5.41) is 6.11. The van der Waals surface area contributed by atoms with Crippen LogP contribution in [0, 0.1) is 3.57 Å². The van der Waals surface area contributed by atoms with Gasteiger partial charge < -0.3 is 0 Å². The Hall–Kier alpha value is -0.760. The molecule has 0 aliphatic carbocycles. The lowest BCUT2D eigenvalue weighted by Crippen LogP contribution is -2.06. The fourth-order valence-electron chi connectivity index (χ4n) is 1.37. The lowest BCUT2D eigenvalue weighted by atomic mass is 10.1. The van der Waals surface area contributed by atoms with Crippen molar-refractivity contribution in [1.29, 1.82) is 0 Å². The van der Waals surface area contributed by atoms with E-state index in [-0.39, 0.29) is 5.02 Å². The van der Waals surface area contributed by atoms with Crippen molar-refractivity contribution >= 4 is 34.2 Å². The van der Waals surface area contributed by atoms with Gasteiger partial charge in [0, 0.05) is 5.56 Å². The maximum Gasteiger partial charge on any atom is 0.417 e. The molecule has 0 aliphatic heterocycles. The minimum atomic E-state index is -4.46. The predicted octanol–water partition coefficient (Wildman–Crippen LogP) is 4.35. The van der Waals surface area contributed by atoms with Crippen molar-refractivity contribution in [3.05, 3.63) is 38.6 Å². The first kappa shape index (κ1) is 12.7. The van der Waals surface area contributed by atoms with Crippen LogP contribution in [0.5, 0.6) is 0 Å². The number of alkyl halides is 3. The van der Waals surface area contributed by atoms with Gasteiger partial charge in [-0.2, -0.15) is 18.3 Å². The van der Waals surface area contributed by atoms with Crippen molar-refractivity contribution < 1.29 is 13.2 Å². The van der Waals surface area contributed by atoms with Crippen molar-refractivity contribution in [2.75, 3.05) is 0 Å². The first-order chi connectivity index (χ1) is 7.89. The fraction of sp³-hybridized carbons (Fsp3) is 0.100. The number of hydrogen-bond acceptors (Lipinski definition) is 1. The summed E-state index contributed by atoms with van der Waals surface area (Å²) < 4.78 is 38.7. The molecule has 1 heterocycles. The second kappa shape index (κ2) is 4.49. The highest BCUT2D eigenvalue weighted by Crippen LogP contribution is 2.37. The Kier molecular flexibility index (Phi) is 3.35. The number of nitrogens with zero attached hydrogens (tertiary/aromatic N) is 1. The van der Waals surface area contributed by atoms with Crippen molar-refractivity contribution in [2.24, 2.45) is 0 Å². The average molecular weight is 373 g/mol. The Morgan fingerprint density at radius 3 is 2.53 bits per heavy atom. The number of nitrogens with one attached hydrogen (secondary N) is 1. The summed E-state index contributed by atoms with van der Waals surface area (Å²) in [5.41, 5.74) is 0.110. The summed E-state index contributed by atoms with van der Waals surface area (Å²) in [5.74, 6) is 0. The molecule has 2 nitrogen and oxygen atoms in total. The highest BCUT2D eigenvalue weighted by atomic mass is 127. The topological polar surface area (TPSA) is 28.7 Å². The molecular weight excluding hydrogens is 367 g/mol. The van der Waals surface area contributed by atoms with E-state index in [1.165, 1.54) is 18.3 Å². The van der Waals surface area contributed by atoms with Gasteiger partial charge in [0.2, 0.25) is 0 Å². The first-order valence-corrected chi connectivity index (χ1v) is 5.91. The van der Waals surface area contributed by atoms with E-state index in [2.05, 4.69) is 10.2 Å². The van der Waals surface area contributed by atoms with Crippen molar-refractivity contribution in [3.8, 4) is 11.3 Å². The molecule has 0 fully saturated rings. The van der Waals surface area contributed by atoms with Gasteiger partial charge >= 0.3 is 6.18 Å². The van der Waals surface area contributed by atoms with Crippen LogP contribution in [0.1, 0.15) is 5.56 Å². The van der Waals surface area contributed by atoms with Crippen LogP contribution in [0.3, 0.4) is 0 Å². The Morgan fingerprint density at radius 1 is 1.29 bits per heavy atom. The summed E-state index contributed by atoms with van der Waals surface area (Å²) in [6.45, 7) is 0. The smallest absolute Gasteiger partial charge is 0.277 e. The lowest BCUT2D eigenvalue weighted by molar-refractivity contribution is -0.137. The lowest BCUT2D eigenvalue weighted by Gasteiger charge is -2.10. The number of rotatable bonds is 1. The highest BCUT2D eigenvalue weighted by Gasteiger charge is 2.33. The van der Waals surface area contributed by atoms with Gasteiger partial charge in [0.1, 0.15) is 0 Å². The van der Waals surface area contributed by atoms with Crippen LogP contribution >= 0.6 is 34.2 Å². The average Bonchev–Trinajstić information content (AvgIpc) is 2.63. The van der Waals surface area contributed by atoms with E-state index in [9.17, 15) is 13.2 Å². The molecule has 0 radical (unpaired) electrons. The normalized spacial score (nSPS) is 11.8. The number of hydrogen-bond donors (Lipinski definition) is 1. The quantitative estimate of drug-likeness (QED) is 0.741. The predicted molar refractivity (Wildman–Crippen MR) is 66.8 cm³/mol. The Morgan fingerprint density at radius 2 is 2.00 bits per heavy atom. The molecule has 0 saturated carbocycles. The van der Waals surface area contributed by atoms with Crippen LogP contribution in [0.2, 0.25) is 5.02 Å². The van der Waals surface area contributed by atoms with E-state index in [4.69, 9.17) is 11.6 Å². The molecule has 1 N–H and O–H groups in total. The first-order valence-electron chi connectivity index (χ1n) is 4.45. The van der Waals surface area contributed by atoms with E-state index >= 15 is 0 Å². The zero-order valence-electron chi connectivity index (χ0n) is 8.15. The molecule has 0 atom stereocenters. The monoisotopic (exact) mass is 372 g/mol. The van der Waals surface area contributed by atoms with Gasteiger partial charge in [0.05, 0.1) is 26.0 Å². The molecule has 90 valence electrons. The molecule has 2 rings (SSSR count). The third-order valence-corrected chi connectivity index (χ3v) is 3.30. The van der Waals surface area contributed by atoms with Gasteiger partial charge in [-0.05, 0) is 34.7 Å². The van der Waals surface area contributed by atoms with Gasteiger partial charge in [-0.15, -0.1) is 0 Å². The van der Waals surface area contributed by atoms with Crippen LogP contribution < -0.4 is 0 Å². The summed E-state index contributed by atoms with van der Waals surface area (Å²) in [4.78, 5) is 0. The Bertz CT molecular complexity index is 551. The number of aromatic amines is 1. The van der Waals surface area contributed by atoms with Crippen LogP contribution in [0.15, 0.2) is 24.4 Å². The maximum absolute atomic E-state index is 12.7. The van der Waals surface area contributed by atoms with Gasteiger partial charge in [-0.3, -0.25) is 5.10 Å². The zero-order chi connectivity index (χ0) is 12.6. The zero-order valence-corrected chi connectivity index (χ0v) is 11.1. The Balaban J connectivity index is 2.56. The standard InChI is InChI=1S/C10H5ClF3IN2/c11-7-2-1-5(3-6(7)10(12,13)14)9-8(15)4-16-17-9/h1-4H,(H,16,17). The number of H-pyrrole nitrogens is 1. The SMILES string of the molecule is FC(F)(F)c1cc(-c2[nH]ncc2I)ccc1Cl. The van der Waals surface area contributed by atoms with Crippen molar-refractivity contribution in [1.82, 2.24) is 10.2 Å². The summed E-state index contributed by atoms with van der Waals surface area (Å²) >= 11 is 7.53. The molecule has 0 saturated heterocycles. The number of benzene rings is 1. The van der Waals surface area contributed by atoms with Crippen molar-refractivity contribution in [2.45, 2.75) is 6.18 Å². The molecule has 7 heteroatoms. The molecule has 1 aromatic carbocycles. The van der Waals surface area contributed by atoms with Crippen LogP contribution in [0.4, 0.5) is 13.2 Å². The van der Waals surface area contributed by atoms with E-state index in [0.29, 0.717) is 11.3 Å². The van der Waals surface area contributed by atoms with E-state index < -0.39 is 11.7 Å². The molecule has 1 aromatic heterocycles. The summed E-state index contributed by atoms with van der Waals surface area (Å²) in [7, 11) is 0. The largest absolute Gasteiger partial charge is 0.417 e. The van der Waals surface area contributed by atoms with E-state index in [0.717, 1.165) is 9.64 Å². The third-order valence-electron chi connectivity index (χ3n) is 2.15. The maximum atomic E-state index is 12.7. The second-order valence-electron chi connectivity index (χ2n) is 3.29. The van der Waals surface area contributed by atoms with Crippen LogP contribution in [0.25, 0.3) is 11.3 Å². The van der Waals surface area contributed by atoms with Crippen LogP contribution in [-0.2, 0) is 6.18 Å². The van der Waals surface area contributed by atoms with E-state index in [1.54, 1.807) is 0 Å². The number of aromatic nitrogens is 2. The minimum Gasteiger partial charge on any atom is -0.277 e. The summed E-state index contributed by atoms with van der Waals surface area (Å²) in [6, 6.07) is 3.77. The third kappa shape index (κ3) is 2.57. The molecule has 17 heavy (non-hydrogen) atoms. The van der Waals surface area contributed by atoms with Gasteiger partial charge in [0.15, 0.2) is 0 Å². The molecule has 0 unspecified atom stereocenters. The minimum absolute atomic E-state index is 0.309. The van der Waals surface area contributed by atoms with E-state index in [1.807, 2.05) is 22.6 Å². The van der Waals surface area contributed by atoms with Crippen LogP contribution in [-0.4, -0.2) is 10.2 Å². The van der Waals surface area contributed by atoms with Gasteiger partial charge in [-0.25, -0.2) is 0 Å². The fourth-order valence-corrected chi connectivity index (χ4v) is 2.17. The van der Waals surface area contributed by atoms with Crippen molar-refractivity contribution in [3.63, 3.8) is 0 Å².